The predicted molar refractivity (Wildman–Crippen MR) is 82.5 cm³/mol. The van der Waals surface area contributed by atoms with E-state index < -0.39 is 17.9 Å². The number of benzene rings is 1. The molecule has 0 bridgehead atoms. The molecule has 0 radical (unpaired) electrons. The molecule has 0 fully saturated rings. The highest BCUT2D eigenvalue weighted by Gasteiger charge is 2.21. The normalized spacial score (nSPS) is 11.6. The fraction of sp³-hybridized carbons (Fsp3) is 0.286. The molecule has 1 aromatic heterocycles. The van der Waals surface area contributed by atoms with Crippen molar-refractivity contribution in [2.75, 3.05) is 19.0 Å². The van der Waals surface area contributed by atoms with Crippen LogP contribution in [0, 0.1) is 11.7 Å². The van der Waals surface area contributed by atoms with Crippen molar-refractivity contribution < 1.29 is 18.7 Å². The van der Waals surface area contributed by atoms with Crippen LogP contribution in [-0.2, 0) is 16.0 Å². The monoisotopic (exact) mass is 338 g/mol. The average molecular weight is 338 g/mol. The Labute approximate surface area is 135 Å². The molecule has 0 saturated heterocycles. The molecule has 2 aromatic rings. The third-order valence-electron chi connectivity index (χ3n) is 3.02. The molecular formula is C14H15FN4O3S. The van der Waals surface area contributed by atoms with E-state index in [9.17, 15) is 14.0 Å². The summed E-state index contributed by atoms with van der Waals surface area (Å²) in [4.78, 5) is 23.6. The summed E-state index contributed by atoms with van der Waals surface area (Å²) in [7, 11) is 1.28. The molecule has 1 aromatic carbocycles. The zero-order chi connectivity index (χ0) is 16.7. The number of esters is 1. The Morgan fingerprint density at radius 1 is 1.35 bits per heavy atom. The lowest BCUT2D eigenvalue weighted by atomic mass is 9.99. The third-order valence-corrected chi connectivity index (χ3v) is 3.63. The average Bonchev–Trinajstić information content (AvgIpc) is 3.05. The van der Waals surface area contributed by atoms with Crippen LogP contribution < -0.4 is 10.6 Å². The number of anilines is 1. The van der Waals surface area contributed by atoms with Crippen molar-refractivity contribution >= 4 is 28.5 Å². The zero-order valence-corrected chi connectivity index (χ0v) is 13.1. The van der Waals surface area contributed by atoms with Gasteiger partial charge in [0.1, 0.15) is 11.3 Å². The standard InChI is InChI=1S/C14H15FN4O3S/c1-22-12(20)10(6-9-2-4-11(15)5-3-9)7-16-13(21)18-14-19-17-8-23-14/h2-5,8,10H,6-7H2,1H3,(H2,16,18,19,21)/t10-/m1/s1. The van der Waals surface area contributed by atoms with E-state index in [4.69, 9.17) is 4.74 Å². The van der Waals surface area contributed by atoms with Crippen LogP contribution in [0.3, 0.4) is 0 Å². The molecule has 0 aliphatic rings. The van der Waals surface area contributed by atoms with E-state index in [0.29, 0.717) is 11.6 Å². The quantitative estimate of drug-likeness (QED) is 0.784. The van der Waals surface area contributed by atoms with Crippen LogP contribution >= 0.6 is 11.3 Å². The minimum absolute atomic E-state index is 0.0781. The molecule has 2 amide bonds. The Morgan fingerprint density at radius 2 is 2.09 bits per heavy atom. The number of carbonyl (C=O) groups excluding carboxylic acids is 2. The van der Waals surface area contributed by atoms with Crippen molar-refractivity contribution in [3.05, 3.63) is 41.2 Å². The predicted octanol–water partition coefficient (Wildman–Crippen LogP) is 1.83. The van der Waals surface area contributed by atoms with Gasteiger partial charge in [-0.05, 0) is 24.1 Å². The second-order valence-electron chi connectivity index (χ2n) is 4.63. The Bertz CT molecular complexity index is 649. The third kappa shape index (κ3) is 5.29. The molecule has 1 atom stereocenters. The van der Waals surface area contributed by atoms with Crippen molar-refractivity contribution in [1.29, 1.82) is 0 Å². The molecule has 7 nitrogen and oxygen atoms in total. The van der Waals surface area contributed by atoms with Crippen LogP contribution in [0.1, 0.15) is 5.56 Å². The van der Waals surface area contributed by atoms with Gasteiger partial charge in [0.05, 0.1) is 13.0 Å². The van der Waals surface area contributed by atoms with Crippen molar-refractivity contribution in [2.45, 2.75) is 6.42 Å². The van der Waals surface area contributed by atoms with Crippen molar-refractivity contribution in [1.82, 2.24) is 15.5 Å². The number of halogens is 1. The molecule has 0 saturated carbocycles. The molecular weight excluding hydrogens is 323 g/mol. The summed E-state index contributed by atoms with van der Waals surface area (Å²) in [5.74, 6) is -1.38. The van der Waals surface area contributed by atoms with Crippen LogP contribution in [0.2, 0.25) is 0 Å². The first-order valence-electron chi connectivity index (χ1n) is 6.71. The maximum absolute atomic E-state index is 12.9. The maximum Gasteiger partial charge on any atom is 0.321 e. The van der Waals surface area contributed by atoms with Gasteiger partial charge in [0, 0.05) is 6.54 Å². The summed E-state index contributed by atoms with van der Waals surface area (Å²) < 4.78 is 17.7. The number of hydrogen-bond acceptors (Lipinski definition) is 6. The summed E-state index contributed by atoms with van der Waals surface area (Å²) in [6.07, 6.45) is 0.325. The van der Waals surface area contributed by atoms with Gasteiger partial charge in [-0.2, -0.15) is 0 Å². The minimum Gasteiger partial charge on any atom is -0.469 e. The van der Waals surface area contributed by atoms with Gasteiger partial charge in [-0.25, -0.2) is 9.18 Å². The van der Waals surface area contributed by atoms with Gasteiger partial charge in [0.2, 0.25) is 5.13 Å². The number of rotatable bonds is 6. The molecule has 9 heteroatoms. The lowest BCUT2D eigenvalue weighted by Crippen LogP contribution is -2.37. The van der Waals surface area contributed by atoms with E-state index in [-0.39, 0.29) is 12.4 Å². The molecule has 0 aliphatic heterocycles. The van der Waals surface area contributed by atoms with E-state index in [1.54, 1.807) is 12.1 Å². The van der Waals surface area contributed by atoms with E-state index >= 15 is 0 Å². The highest BCUT2D eigenvalue weighted by atomic mass is 32.1. The van der Waals surface area contributed by atoms with Gasteiger partial charge in [-0.15, -0.1) is 10.2 Å². The SMILES string of the molecule is COC(=O)[C@@H](CNC(=O)Nc1nncs1)Cc1ccc(F)cc1. The second kappa shape index (κ2) is 8.18. The van der Waals surface area contributed by atoms with Crippen molar-refractivity contribution in [3.8, 4) is 0 Å². The molecule has 0 aliphatic carbocycles. The topological polar surface area (TPSA) is 93.2 Å². The summed E-state index contributed by atoms with van der Waals surface area (Å²) in [5, 5.41) is 12.7. The van der Waals surface area contributed by atoms with Crippen LogP contribution in [-0.4, -0.2) is 35.9 Å². The van der Waals surface area contributed by atoms with Crippen LogP contribution in [0.5, 0.6) is 0 Å². The summed E-state index contributed by atoms with van der Waals surface area (Å²) >= 11 is 1.18. The molecule has 122 valence electrons. The number of carbonyl (C=O) groups is 2. The van der Waals surface area contributed by atoms with Crippen molar-refractivity contribution in [3.63, 3.8) is 0 Å². The first kappa shape index (κ1) is 16.8. The fourth-order valence-electron chi connectivity index (χ4n) is 1.90. The molecule has 23 heavy (non-hydrogen) atoms. The Hall–Kier alpha value is -2.55. The van der Waals surface area contributed by atoms with Crippen LogP contribution in [0.4, 0.5) is 14.3 Å². The number of urea groups is 1. The van der Waals surface area contributed by atoms with Gasteiger partial charge in [0.15, 0.2) is 0 Å². The van der Waals surface area contributed by atoms with Crippen LogP contribution in [0.15, 0.2) is 29.8 Å². The second-order valence-corrected chi connectivity index (χ2v) is 5.46. The van der Waals surface area contributed by atoms with Gasteiger partial charge < -0.3 is 10.1 Å². The van der Waals surface area contributed by atoms with E-state index in [1.165, 1.54) is 36.1 Å². The van der Waals surface area contributed by atoms with Gasteiger partial charge in [-0.1, -0.05) is 23.5 Å². The minimum atomic E-state index is -0.578. The Kier molecular flexibility index (Phi) is 5.98. The van der Waals surface area contributed by atoms with Crippen LogP contribution in [0.25, 0.3) is 0 Å². The van der Waals surface area contributed by atoms with Gasteiger partial charge in [0.25, 0.3) is 0 Å². The summed E-state index contributed by atoms with van der Waals surface area (Å²) in [6.45, 7) is 0.0781. The molecule has 0 unspecified atom stereocenters. The number of ether oxygens (including phenoxy) is 1. The smallest absolute Gasteiger partial charge is 0.321 e. The van der Waals surface area contributed by atoms with Crippen molar-refractivity contribution in [2.24, 2.45) is 5.92 Å². The van der Waals surface area contributed by atoms with Gasteiger partial charge in [-0.3, -0.25) is 10.1 Å². The Balaban J connectivity index is 1.91. The van der Waals surface area contributed by atoms with E-state index in [1.807, 2.05) is 0 Å². The molecule has 1 heterocycles. The summed E-state index contributed by atoms with van der Waals surface area (Å²) in [5.41, 5.74) is 2.26. The number of nitrogens with zero attached hydrogens (tertiary/aromatic N) is 2. The Morgan fingerprint density at radius 3 is 2.70 bits per heavy atom. The van der Waals surface area contributed by atoms with E-state index in [0.717, 1.165) is 5.56 Å². The summed E-state index contributed by atoms with van der Waals surface area (Å²) in [6, 6.07) is 5.33. The zero-order valence-electron chi connectivity index (χ0n) is 12.3. The molecule has 2 rings (SSSR count). The number of hydrogen-bond donors (Lipinski definition) is 2. The molecule has 2 N–H and O–H groups in total. The van der Waals surface area contributed by atoms with Gasteiger partial charge >= 0.3 is 12.0 Å². The molecule has 0 spiro atoms. The number of aromatic nitrogens is 2. The fourth-order valence-corrected chi connectivity index (χ4v) is 2.34. The first-order valence-corrected chi connectivity index (χ1v) is 7.59. The number of nitrogens with one attached hydrogen (secondary N) is 2. The van der Waals surface area contributed by atoms with E-state index in [2.05, 4.69) is 20.8 Å². The highest BCUT2D eigenvalue weighted by Crippen LogP contribution is 2.12. The largest absolute Gasteiger partial charge is 0.469 e. The lowest BCUT2D eigenvalue weighted by molar-refractivity contribution is -0.145. The highest BCUT2D eigenvalue weighted by molar-refractivity contribution is 7.13. The lowest BCUT2D eigenvalue weighted by Gasteiger charge is -2.15. The number of amides is 2. The first-order chi connectivity index (χ1) is 11.1. The maximum atomic E-state index is 12.9. The number of methoxy groups -OCH3 is 1.